The first-order valence-corrected chi connectivity index (χ1v) is 7.11. The molecule has 98 valence electrons. The Hall–Kier alpha value is -0.570. The summed E-state index contributed by atoms with van der Waals surface area (Å²) in [6.07, 6.45) is 8.34. The second-order valence-corrected chi connectivity index (χ2v) is 5.65. The normalized spacial score (nSPS) is 22.6. The molecule has 3 nitrogen and oxygen atoms in total. The lowest BCUT2D eigenvalue weighted by Crippen LogP contribution is -2.45. The van der Waals surface area contributed by atoms with Crippen LogP contribution in [0.15, 0.2) is 0 Å². The molecule has 0 atom stereocenters. The van der Waals surface area contributed by atoms with Crippen molar-refractivity contribution in [3.8, 4) is 0 Å². The van der Waals surface area contributed by atoms with Gasteiger partial charge in [-0.15, -0.1) is 0 Å². The quantitative estimate of drug-likeness (QED) is 0.693. The number of hydrogen-bond donors (Lipinski definition) is 1. The fourth-order valence-corrected chi connectivity index (χ4v) is 2.71. The van der Waals surface area contributed by atoms with Gasteiger partial charge in [0.1, 0.15) is 0 Å². The summed E-state index contributed by atoms with van der Waals surface area (Å²) in [6, 6.07) is 0. The number of nitrogens with one attached hydrogen (secondary N) is 1. The maximum absolute atomic E-state index is 11.8. The fraction of sp³-hybridized carbons (Fsp3) is 0.929. The molecule has 2 aliphatic rings. The van der Waals surface area contributed by atoms with Gasteiger partial charge in [-0.25, -0.2) is 0 Å². The predicted molar refractivity (Wildman–Crippen MR) is 67.7 cm³/mol. The molecule has 1 amide bonds. The van der Waals surface area contributed by atoms with Gasteiger partial charge in [0.25, 0.3) is 0 Å². The van der Waals surface area contributed by atoms with Crippen molar-refractivity contribution in [2.24, 2.45) is 11.3 Å². The molecule has 2 rings (SSSR count). The lowest BCUT2D eigenvalue weighted by Gasteiger charge is -2.42. The van der Waals surface area contributed by atoms with Gasteiger partial charge < -0.3 is 10.1 Å². The summed E-state index contributed by atoms with van der Waals surface area (Å²) < 4.78 is 5.44. The molecule has 2 saturated carbocycles. The van der Waals surface area contributed by atoms with E-state index in [9.17, 15) is 4.79 Å². The number of ether oxygens (including phenoxy) is 1. The molecule has 0 spiro atoms. The molecule has 0 aliphatic heterocycles. The smallest absolute Gasteiger partial charge is 0.223 e. The molecular weight excluding hydrogens is 214 g/mol. The summed E-state index contributed by atoms with van der Waals surface area (Å²) in [5.74, 6) is 0.609. The summed E-state index contributed by atoms with van der Waals surface area (Å²) in [4.78, 5) is 11.8. The molecule has 0 aromatic carbocycles. The van der Waals surface area contributed by atoms with Gasteiger partial charge in [0.15, 0.2) is 0 Å². The van der Waals surface area contributed by atoms with Crippen molar-refractivity contribution < 1.29 is 9.53 Å². The van der Waals surface area contributed by atoms with E-state index in [2.05, 4.69) is 5.32 Å². The van der Waals surface area contributed by atoms with Crippen molar-refractivity contribution in [2.75, 3.05) is 19.8 Å². The summed E-state index contributed by atoms with van der Waals surface area (Å²) in [5, 5.41) is 3.16. The van der Waals surface area contributed by atoms with E-state index in [1.165, 1.54) is 25.7 Å². The molecule has 17 heavy (non-hydrogen) atoms. The Kier molecular flexibility index (Phi) is 4.43. The van der Waals surface area contributed by atoms with Crippen LogP contribution in [0, 0.1) is 11.3 Å². The zero-order valence-corrected chi connectivity index (χ0v) is 11.0. The Morgan fingerprint density at radius 1 is 1.35 bits per heavy atom. The van der Waals surface area contributed by atoms with Crippen molar-refractivity contribution in [2.45, 2.75) is 51.9 Å². The first-order chi connectivity index (χ1) is 8.26. The summed E-state index contributed by atoms with van der Waals surface area (Å²) in [5.41, 5.74) is 0.356. The maximum Gasteiger partial charge on any atom is 0.223 e. The van der Waals surface area contributed by atoms with Crippen LogP contribution in [0.1, 0.15) is 51.9 Å². The van der Waals surface area contributed by atoms with Gasteiger partial charge in [0.2, 0.25) is 5.91 Å². The monoisotopic (exact) mass is 239 g/mol. The van der Waals surface area contributed by atoms with E-state index in [1.807, 2.05) is 6.92 Å². The van der Waals surface area contributed by atoms with E-state index in [-0.39, 0.29) is 0 Å². The number of carbonyl (C=O) groups is 1. The van der Waals surface area contributed by atoms with Crippen LogP contribution in [-0.2, 0) is 9.53 Å². The van der Waals surface area contributed by atoms with Crippen molar-refractivity contribution in [3.05, 3.63) is 0 Å². The van der Waals surface area contributed by atoms with Gasteiger partial charge in [0, 0.05) is 25.7 Å². The van der Waals surface area contributed by atoms with E-state index in [1.54, 1.807) is 0 Å². The second kappa shape index (κ2) is 5.85. The minimum Gasteiger partial charge on any atom is -0.382 e. The van der Waals surface area contributed by atoms with E-state index < -0.39 is 0 Å². The second-order valence-electron chi connectivity index (χ2n) is 5.65. The fourth-order valence-electron chi connectivity index (χ4n) is 2.71. The average molecular weight is 239 g/mol. The van der Waals surface area contributed by atoms with Crippen molar-refractivity contribution in [1.29, 1.82) is 0 Å². The Labute approximate surface area is 104 Å². The molecule has 3 heteroatoms. The number of amides is 1. The molecule has 0 radical (unpaired) electrons. The van der Waals surface area contributed by atoms with Gasteiger partial charge in [0.05, 0.1) is 0 Å². The largest absolute Gasteiger partial charge is 0.382 e. The lowest BCUT2D eigenvalue weighted by molar-refractivity contribution is -0.128. The lowest BCUT2D eigenvalue weighted by atomic mass is 9.66. The first-order valence-electron chi connectivity index (χ1n) is 7.11. The highest BCUT2D eigenvalue weighted by Crippen LogP contribution is 2.43. The third-order valence-corrected chi connectivity index (χ3v) is 4.51. The highest BCUT2D eigenvalue weighted by molar-refractivity contribution is 5.79. The van der Waals surface area contributed by atoms with Crippen LogP contribution in [0.5, 0.6) is 0 Å². The van der Waals surface area contributed by atoms with Crippen LogP contribution < -0.4 is 5.32 Å². The molecule has 0 saturated heterocycles. The molecule has 1 N–H and O–H groups in total. The Morgan fingerprint density at radius 3 is 2.59 bits per heavy atom. The number of carbonyl (C=O) groups excluding carboxylic acids is 1. The van der Waals surface area contributed by atoms with Crippen LogP contribution in [0.3, 0.4) is 0 Å². The predicted octanol–water partition coefficient (Wildman–Crippen LogP) is 2.50. The van der Waals surface area contributed by atoms with E-state index in [4.69, 9.17) is 4.74 Å². The van der Waals surface area contributed by atoms with E-state index >= 15 is 0 Å². The topological polar surface area (TPSA) is 38.3 Å². The van der Waals surface area contributed by atoms with Crippen molar-refractivity contribution >= 4 is 5.91 Å². The highest BCUT2D eigenvalue weighted by atomic mass is 16.5. The van der Waals surface area contributed by atoms with Crippen LogP contribution in [0.25, 0.3) is 0 Å². The van der Waals surface area contributed by atoms with Crippen LogP contribution >= 0.6 is 0 Å². The molecule has 2 fully saturated rings. The SMILES string of the molecule is CCOCCC1(CNC(=O)C2CCC2)CCC1. The standard InChI is InChI=1S/C14H25NO2/c1-2-17-10-9-14(7-4-8-14)11-15-13(16)12-5-3-6-12/h12H,2-11H2,1H3,(H,15,16). The first kappa shape index (κ1) is 12.9. The zero-order chi connectivity index (χ0) is 12.1. The summed E-state index contributed by atoms with van der Waals surface area (Å²) >= 11 is 0. The van der Waals surface area contributed by atoms with Crippen LogP contribution in [0.4, 0.5) is 0 Å². The van der Waals surface area contributed by atoms with Gasteiger partial charge in [-0.2, -0.15) is 0 Å². The van der Waals surface area contributed by atoms with Crippen molar-refractivity contribution in [1.82, 2.24) is 5.32 Å². The molecule has 0 aromatic rings. The van der Waals surface area contributed by atoms with E-state index in [0.717, 1.165) is 39.0 Å². The molecule has 0 heterocycles. The molecule has 0 bridgehead atoms. The Bertz CT molecular complexity index is 257. The highest BCUT2D eigenvalue weighted by Gasteiger charge is 2.37. The van der Waals surface area contributed by atoms with Crippen LogP contribution in [-0.4, -0.2) is 25.7 Å². The zero-order valence-electron chi connectivity index (χ0n) is 11.0. The molecule has 2 aliphatic carbocycles. The van der Waals surface area contributed by atoms with E-state index in [0.29, 0.717) is 17.2 Å². The third kappa shape index (κ3) is 3.21. The van der Waals surface area contributed by atoms with Gasteiger partial charge in [-0.3, -0.25) is 4.79 Å². The number of rotatable bonds is 7. The van der Waals surface area contributed by atoms with Crippen LogP contribution in [0.2, 0.25) is 0 Å². The van der Waals surface area contributed by atoms with Gasteiger partial charge in [-0.05, 0) is 44.4 Å². The van der Waals surface area contributed by atoms with Gasteiger partial charge >= 0.3 is 0 Å². The van der Waals surface area contributed by atoms with Gasteiger partial charge in [-0.1, -0.05) is 12.8 Å². The average Bonchev–Trinajstić information content (AvgIpc) is 2.18. The molecule has 0 aromatic heterocycles. The summed E-state index contributed by atoms with van der Waals surface area (Å²) in [7, 11) is 0. The molecular formula is C14H25NO2. The minimum atomic E-state index is 0.291. The minimum absolute atomic E-state index is 0.291. The third-order valence-electron chi connectivity index (χ3n) is 4.51. The summed E-state index contributed by atoms with van der Waals surface area (Å²) in [6.45, 7) is 4.54. The maximum atomic E-state index is 11.8. The number of hydrogen-bond acceptors (Lipinski definition) is 2. The Morgan fingerprint density at radius 2 is 2.12 bits per heavy atom. The Balaban J connectivity index is 1.68. The van der Waals surface area contributed by atoms with Crippen molar-refractivity contribution in [3.63, 3.8) is 0 Å². The molecule has 0 unspecified atom stereocenters.